The van der Waals surface area contributed by atoms with Crippen molar-refractivity contribution in [3.05, 3.63) is 133 Å². The van der Waals surface area contributed by atoms with Gasteiger partial charge in [0.2, 0.25) is 11.8 Å². The molecule has 0 fully saturated rings. The topological polar surface area (TPSA) is 161 Å². The zero-order chi connectivity index (χ0) is 38.4. The number of hydrogen-bond acceptors (Lipinski definition) is 9. The van der Waals surface area contributed by atoms with Crippen LogP contribution in [0.1, 0.15) is 45.9 Å². The van der Waals surface area contributed by atoms with Crippen LogP contribution < -0.4 is 20.1 Å². The Labute approximate surface area is 327 Å². The summed E-state index contributed by atoms with van der Waals surface area (Å²) in [5, 5.41) is 45.6. The van der Waals surface area contributed by atoms with E-state index in [2.05, 4.69) is 33.8 Å². The Balaban J connectivity index is 1.27. The van der Waals surface area contributed by atoms with Gasteiger partial charge in [-0.3, -0.25) is 10.1 Å². The van der Waals surface area contributed by atoms with Crippen LogP contribution in [-0.2, 0) is 37.5 Å². The second kappa shape index (κ2) is 16.9. The third-order valence-electron chi connectivity index (χ3n) is 9.20. The molecule has 274 valence electrons. The fourth-order valence-corrected chi connectivity index (χ4v) is 6.90. The van der Waals surface area contributed by atoms with Gasteiger partial charge >= 0.3 is 5.97 Å². The molecule has 0 unspecified atom stereocenters. The molecule has 2 heterocycles. The Morgan fingerprint density at radius 3 is 2.26 bits per heavy atom. The highest BCUT2D eigenvalue weighted by molar-refractivity contribution is 6.38. The standard InChI is InChI=1S/C41H34Cl3N5O5/c1-41(23-50,40(51)52)48-20-31-16-35(42)39(49-38(31)53-21-26-13-24(17-45)12-25(14-26)18-46)54-22-29-4-2-6-33(36(29)43)34-7-3-5-32(37(34)44)28-9-8-27-10-11-47-19-30(27)15-28/h2-9,12-16,47-48,50H,10-11,19-23H2,1H3,(H,51,52)/t41-/m1/s1. The van der Waals surface area contributed by atoms with Gasteiger partial charge in [-0.1, -0.05) is 83.3 Å². The van der Waals surface area contributed by atoms with Crippen LogP contribution >= 0.6 is 34.8 Å². The van der Waals surface area contributed by atoms with Gasteiger partial charge in [0, 0.05) is 40.9 Å². The molecule has 0 spiro atoms. The van der Waals surface area contributed by atoms with Gasteiger partial charge in [0.15, 0.2) is 0 Å². The second-order valence-electron chi connectivity index (χ2n) is 13.0. The Morgan fingerprint density at radius 2 is 1.56 bits per heavy atom. The molecule has 4 N–H and O–H groups in total. The van der Waals surface area contributed by atoms with Gasteiger partial charge in [-0.25, -0.2) is 0 Å². The van der Waals surface area contributed by atoms with Gasteiger partial charge in [0.1, 0.15) is 23.8 Å². The molecular formula is C41H34Cl3N5O5. The zero-order valence-corrected chi connectivity index (χ0v) is 31.3. The lowest BCUT2D eigenvalue weighted by Crippen LogP contribution is -2.52. The lowest BCUT2D eigenvalue weighted by atomic mass is 9.93. The number of aliphatic hydroxyl groups excluding tert-OH is 1. The first kappa shape index (κ1) is 38.6. The van der Waals surface area contributed by atoms with Crippen molar-refractivity contribution in [3.8, 4) is 46.2 Å². The fraction of sp³-hybridized carbons (Fsp3) is 0.220. The van der Waals surface area contributed by atoms with E-state index in [1.54, 1.807) is 12.1 Å². The number of fused-ring (bicyclic) bond motifs is 1. The molecule has 13 heteroatoms. The van der Waals surface area contributed by atoms with Crippen molar-refractivity contribution in [1.82, 2.24) is 15.6 Å². The van der Waals surface area contributed by atoms with Gasteiger partial charge in [0.25, 0.3) is 0 Å². The molecule has 54 heavy (non-hydrogen) atoms. The monoisotopic (exact) mass is 781 g/mol. The van der Waals surface area contributed by atoms with Gasteiger partial charge < -0.3 is 25.0 Å². The third kappa shape index (κ3) is 8.46. The normalized spacial score (nSPS) is 13.2. The van der Waals surface area contributed by atoms with Crippen LogP contribution in [0.15, 0.2) is 78.9 Å². The number of halogens is 3. The minimum atomic E-state index is -1.66. The summed E-state index contributed by atoms with van der Waals surface area (Å²) in [4.78, 5) is 16.4. The zero-order valence-electron chi connectivity index (χ0n) is 29.1. The molecule has 0 saturated carbocycles. The molecule has 4 aromatic carbocycles. The average molecular weight is 783 g/mol. The van der Waals surface area contributed by atoms with E-state index in [9.17, 15) is 25.5 Å². The summed E-state index contributed by atoms with van der Waals surface area (Å²) in [5.74, 6) is -1.19. The van der Waals surface area contributed by atoms with E-state index in [4.69, 9.17) is 44.3 Å². The molecule has 0 radical (unpaired) electrons. The number of aromatic nitrogens is 1. The predicted octanol–water partition coefficient (Wildman–Crippen LogP) is 7.85. The van der Waals surface area contributed by atoms with Crippen molar-refractivity contribution in [1.29, 1.82) is 10.5 Å². The highest BCUT2D eigenvalue weighted by Crippen LogP contribution is 2.41. The van der Waals surface area contributed by atoms with E-state index in [0.29, 0.717) is 26.7 Å². The summed E-state index contributed by atoms with van der Waals surface area (Å²) in [6.45, 7) is 2.23. The number of carboxylic acid groups (broad SMARTS) is 1. The molecule has 6 rings (SSSR count). The summed E-state index contributed by atoms with van der Waals surface area (Å²) in [7, 11) is 0. The summed E-state index contributed by atoms with van der Waals surface area (Å²) in [6, 6.07) is 28.1. The van der Waals surface area contributed by atoms with Crippen molar-refractivity contribution in [2.45, 2.75) is 45.2 Å². The number of rotatable bonds is 13. The number of benzene rings is 4. The van der Waals surface area contributed by atoms with E-state index >= 15 is 0 Å². The Bertz CT molecular complexity index is 2290. The first-order valence-electron chi connectivity index (χ1n) is 16.9. The summed E-state index contributed by atoms with van der Waals surface area (Å²) in [6.07, 6.45) is 0.989. The number of pyridine rings is 1. The van der Waals surface area contributed by atoms with Crippen LogP contribution in [0.3, 0.4) is 0 Å². The van der Waals surface area contributed by atoms with Crippen LogP contribution in [0.5, 0.6) is 11.8 Å². The average Bonchev–Trinajstić information content (AvgIpc) is 3.19. The molecule has 0 aliphatic carbocycles. The van der Waals surface area contributed by atoms with E-state index in [1.807, 2.05) is 48.5 Å². The van der Waals surface area contributed by atoms with Gasteiger partial charge in [-0.15, -0.1) is 0 Å². The molecule has 1 aliphatic heterocycles. The number of nitrogens with zero attached hydrogens (tertiary/aromatic N) is 3. The van der Waals surface area contributed by atoms with E-state index in [1.165, 1.54) is 30.2 Å². The maximum absolute atomic E-state index is 11.8. The smallest absolute Gasteiger partial charge is 0.326 e. The summed E-state index contributed by atoms with van der Waals surface area (Å²) in [5.41, 5.74) is 6.43. The molecule has 1 aromatic heterocycles. The van der Waals surface area contributed by atoms with E-state index in [0.717, 1.165) is 41.8 Å². The number of ether oxygens (including phenoxy) is 2. The molecule has 0 amide bonds. The van der Waals surface area contributed by atoms with Gasteiger partial charge in [-0.2, -0.15) is 15.5 Å². The molecule has 1 atom stereocenters. The number of hydrogen-bond donors (Lipinski definition) is 4. The van der Waals surface area contributed by atoms with Crippen LogP contribution in [0, 0.1) is 22.7 Å². The molecule has 5 aromatic rings. The van der Waals surface area contributed by atoms with Crippen molar-refractivity contribution < 1.29 is 24.5 Å². The van der Waals surface area contributed by atoms with E-state index in [-0.39, 0.29) is 47.7 Å². The number of aliphatic carboxylic acids is 1. The minimum Gasteiger partial charge on any atom is -0.480 e. The van der Waals surface area contributed by atoms with Gasteiger partial charge in [-0.05, 0) is 72.5 Å². The number of carbonyl (C=O) groups is 1. The first-order valence-corrected chi connectivity index (χ1v) is 18.0. The molecule has 10 nitrogen and oxygen atoms in total. The molecule has 0 bridgehead atoms. The van der Waals surface area contributed by atoms with Crippen molar-refractivity contribution >= 4 is 40.8 Å². The quantitative estimate of drug-likeness (QED) is 0.0926. The van der Waals surface area contributed by atoms with Gasteiger partial charge in [0.05, 0.1) is 39.9 Å². The number of nitrogens with one attached hydrogen (secondary N) is 2. The van der Waals surface area contributed by atoms with Crippen LogP contribution in [0.25, 0.3) is 22.3 Å². The highest BCUT2D eigenvalue weighted by Gasteiger charge is 2.32. The fourth-order valence-electron chi connectivity index (χ4n) is 6.05. The minimum absolute atomic E-state index is 0.0189. The van der Waals surface area contributed by atoms with Crippen molar-refractivity contribution in [2.24, 2.45) is 0 Å². The lowest BCUT2D eigenvalue weighted by molar-refractivity contribution is -0.145. The first-order chi connectivity index (χ1) is 26.0. The van der Waals surface area contributed by atoms with Crippen LogP contribution in [-0.4, -0.2) is 39.9 Å². The molecular weight excluding hydrogens is 749 g/mol. The predicted molar refractivity (Wildman–Crippen MR) is 206 cm³/mol. The molecule has 1 aliphatic rings. The second-order valence-corrected chi connectivity index (χ2v) is 14.1. The highest BCUT2D eigenvalue weighted by atomic mass is 35.5. The Kier molecular flexibility index (Phi) is 12.1. The number of aliphatic hydroxyl groups is 1. The number of nitriles is 2. The summed E-state index contributed by atoms with van der Waals surface area (Å²) >= 11 is 20.7. The maximum atomic E-state index is 11.8. The Morgan fingerprint density at radius 1 is 0.870 bits per heavy atom. The Hall–Kier alpha value is -5.17. The third-order valence-corrected chi connectivity index (χ3v) is 10.3. The van der Waals surface area contributed by atoms with Crippen LogP contribution in [0.4, 0.5) is 0 Å². The SMILES string of the molecule is C[C@](CO)(NCc1cc(Cl)c(OCc2cccc(-c3cccc(-c4ccc5c(c4)CNCC5)c3Cl)c2Cl)nc1OCc1cc(C#N)cc(C#N)c1)C(=O)O. The summed E-state index contributed by atoms with van der Waals surface area (Å²) < 4.78 is 12.2. The maximum Gasteiger partial charge on any atom is 0.326 e. The van der Waals surface area contributed by atoms with E-state index < -0.39 is 18.1 Å². The van der Waals surface area contributed by atoms with Crippen LogP contribution in [0.2, 0.25) is 15.1 Å². The largest absolute Gasteiger partial charge is 0.480 e. The van der Waals surface area contributed by atoms with Crippen molar-refractivity contribution in [2.75, 3.05) is 13.2 Å². The number of carboxylic acids is 1. The molecule has 0 saturated heterocycles. The lowest BCUT2D eigenvalue weighted by Gasteiger charge is -2.24. The van der Waals surface area contributed by atoms with Crippen molar-refractivity contribution in [3.63, 3.8) is 0 Å².